The van der Waals surface area contributed by atoms with Crippen molar-refractivity contribution in [2.24, 2.45) is 0 Å². The van der Waals surface area contributed by atoms with Crippen LogP contribution in [0, 0.1) is 6.92 Å². The number of nitrogens with zero attached hydrogens (tertiary/aromatic N) is 1. The molecule has 4 nitrogen and oxygen atoms in total. The topological polar surface area (TPSA) is 63.3 Å². The van der Waals surface area contributed by atoms with Crippen molar-refractivity contribution in [1.29, 1.82) is 0 Å². The Morgan fingerprint density at radius 1 is 1.50 bits per heavy atom. The van der Waals surface area contributed by atoms with Crippen molar-refractivity contribution in [3.8, 4) is 0 Å². The summed E-state index contributed by atoms with van der Waals surface area (Å²) in [5, 5.41) is 8.62. The van der Waals surface area contributed by atoms with Crippen molar-refractivity contribution in [3.63, 3.8) is 0 Å². The fourth-order valence-electron chi connectivity index (χ4n) is 1.18. The Labute approximate surface area is 102 Å². The van der Waals surface area contributed by atoms with Gasteiger partial charge in [0.05, 0.1) is 0 Å². The summed E-state index contributed by atoms with van der Waals surface area (Å²) in [6.07, 6.45) is 0. The Balaban J connectivity index is 0.000000980. The van der Waals surface area contributed by atoms with Crippen molar-refractivity contribution < 1.29 is 14.3 Å². The Hall–Kier alpha value is -0.840. The fourth-order valence-corrected chi connectivity index (χ4v) is 1.18. The molecule has 0 saturated heterocycles. The quantitative estimate of drug-likeness (QED) is 0.704. The molecule has 1 aromatic carbocycles. The maximum atomic E-state index is 10.5. The third-order valence-electron chi connectivity index (χ3n) is 1.80. The van der Waals surface area contributed by atoms with Gasteiger partial charge in [0.15, 0.2) is 5.58 Å². The molecule has 0 aliphatic heterocycles. The molecule has 1 aromatic heterocycles. The van der Waals surface area contributed by atoms with Crippen molar-refractivity contribution in [1.82, 2.24) is 4.98 Å². The SMILES string of the molecule is Cc1cccc2oc(C(=O)O)nc12.[NaH]. The van der Waals surface area contributed by atoms with E-state index in [1.165, 1.54) is 0 Å². The number of oxazole rings is 1. The first-order valence-electron chi connectivity index (χ1n) is 3.78. The molecule has 0 unspecified atom stereocenters. The van der Waals surface area contributed by atoms with Gasteiger partial charge in [0.25, 0.3) is 0 Å². The van der Waals surface area contributed by atoms with E-state index in [1.807, 2.05) is 13.0 Å². The van der Waals surface area contributed by atoms with E-state index in [9.17, 15) is 4.79 Å². The zero-order chi connectivity index (χ0) is 9.42. The van der Waals surface area contributed by atoms with Gasteiger partial charge in [0.1, 0.15) is 5.52 Å². The number of aromatic nitrogens is 1. The molecule has 0 spiro atoms. The summed E-state index contributed by atoms with van der Waals surface area (Å²) in [5.41, 5.74) is 2.03. The van der Waals surface area contributed by atoms with E-state index in [1.54, 1.807) is 12.1 Å². The van der Waals surface area contributed by atoms with Gasteiger partial charge in [0.2, 0.25) is 0 Å². The van der Waals surface area contributed by atoms with Crippen LogP contribution >= 0.6 is 0 Å². The molecule has 1 heterocycles. The van der Waals surface area contributed by atoms with E-state index >= 15 is 0 Å². The summed E-state index contributed by atoms with van der Waals surface area (Å²) in [6.45, 7) is 1.86. The van der Waals surface area contributed by atoms with Crippen LogP contribution in [0.5, 0.6) is 0 Å². The van der Waals surface area contributed by atoms with Gasteiger partial charge in [-0.3, -0.25) is 0 Å². The van der Waals surface area contributed by atoms with Crippen LogP contribution in [0.1, 0.15) is 16.2 Å². The van der Waals surface area contributed by atoms with E-state index in [-0.39, 0.29) is 35.4 Å². The molecule has 14 heavy (non-hydrogen) atoms. The zero-order valence-corrected chi connectivity index (χ0v) is 6.94. The number of hydrogen-bond donors (Lipinski definition) is 1. The van der Waals surface area contributed by atoms with Crippen LogP contribution in [-0.4, -0.2) is 45.6 Å². The van der Waals surface area contributed by atoms with Crippen LogP contribution in [0.25, 0.3) is 11.1 Å². The zero-order valence-electron chi connectivity index (χ0n) is 6.94. The summed E-state index contributed by atoms with van der Waals surface area (Å²) in [6, 6.07) is 5.35. The molecule has 0 aliphatic carbocycles. The van der Waals surface area contributed by atoms with Crippen molar-refractivity contribution in [2.75, 3.05) is 0 Å². The van der Waals surface area contributed by atoms with Crippen molar-refractivity contribution in [3.05, 3.63) is 29.7 Å². The fraction of sp³-hybridized carbons (Fsp3) is 0.111. The molecule has 2 rings (SSSR count). The number of carbonyl (C=O) groups is 1. The molecule has 1 N–H and O–H groups in total. The second-order valence-corrected chi connectivity index (χ2v) is 2.75. The number of carboxylic acid groups (broad SMARTS) is 1. The number of rotatable bonds is 1. The van der Waals surface area contributed by atoms with Crippen LogP contribution < -0.4 is 0 Å². The van der Waals surface area contributed by atoms with Crippen molar-refractivity contribution in [2.45, 2.75) is 6.92 Å². The molecule has 2 aromatic rings. The second kappa shape index (κ2) is 4.13. The molecule has 0 fully saturated rings. The van der Waals surface area contributed by atoms with Crippen LogP contribution in [0.2, 0.25) is 0 Å². The van der Waals surface area contributed by atoms with Gasteiger partial charge in [-0.1, -0.05) is 12.1 Å². The summed E-state index contributed by atoms with van der Waals surface area (Å²) >= 11 is 0. The average Bonchev–Trinajstić information content (AvgIpc) is 2.49. The van der Waals surface area contributed by atoms with E-state index in [0.717, 1.165) is 5.56 Å². The Bertz CT molecular complexity index is 478. The molecule has 0 radical (unpaired) electrons. The van der Waals surface area contributed by atoms with Crippen LogP contribution in [-0.2, 0) is 0 Å². The van der Waals surface area contributed by atoms with Gasteiger partial charge in [-0.15, -0.1) is 0 Å². The molecule has 0 saturated carbocycles. The van der Waals surface area contributed by atoms with E-state index in [4.69, 9.17) is 9.52 Å². The molecule has 0 atom stereocenters. The summed E-state index contributed by atoms with van der Waals surface area (Å²) in [7, 11) is 0. The van der Waals surface area contributed by atoms with Gasteiger partial charge in [-0.05, 0) is 18.6 Å². The van der Waals surface area contributed by atoms with Gasteiger partial charge in [0, 0.05) is 0 Å². The first kappa shape index (κ1) is 11.2. The van der Waals surface area contributed by atoms with E-state index in [0.29, 0.717) is 11.1 Å². The summed E-state index contributed by atoms with van der Waals surface area (Å²) < 4.78 is 5.00. The molecular formula is C9H8NNaO3. The molecule has 0 bridgehead atoms. The number of benzene rings is 1. The van der Waals surface area contributed by atoms with Gasteiger partial charge < -0.3 is 9.52 Å². The van der Waals surface area contributed by atoms with E-state index < -0.39 is 5.97 Å². The van der Waals surface area contributed by atoms with Crippen LogP contribution in [0.3, 0.4) is 0 Å². The first-order valence-corrected chi connectivity index (χ1v) is 3.78. The Morgan fingerprint density at radius 3 is 2.79 bits per heavy atom. The van der Waals surface area contributed by atoms with E-state index in [2.05, 4.69) is 4.98 Å². The number of aromatic carboxylic acids is 1. The maximum absolute atomic E-state index is 10.5. The summed E-state index contributed by atoms with van der Waals surface area (Å²) in [5.74, 6) is -1.40. The number of fused-ring (bicyclic) bond motifs is 1. The van der Waals surface area contributed by atoms with Crippen molar-refractivity contribution >= 4 is 46.6 Å². The van der Waals surface area contributed by atoms with Gasteiger partial charge in [-0.2, -0.15) is 0 Å². The monoisotopic (exact) mass is 201 g/mol. The molecule has 0 amide bonds. The predicted molar refractivity (Wildman–Crippen MR) is 52.9 cm³/mol. The minimum absolute atomic E-state index is 0. The Kier molecular flexibility index (Phi) is 3.31. The van der Waals surface area contributed by atoms with Gasteiger partial charge >= 0.3 is 41.4 Å². The Morgan fingerprint density at radius 2 is 2.21 bits per heavy atom. The minimum atomic E-state index is -1.14. The molecule has 68 valence electrons. The van der Waals surface area contributed by atoms with Crippen LogP contribution in [0.4, 0.5) is 0 Å². The number of para-hydroxylation sites is 1. The normalized spacial score (nSPS) is 9.79. The molecule has 5 heteroatoms. The third kappa shape index (κ3) is 1.82. The third-order valence-corrected chi connectivity index (χ3v) is 1.80. The number of carboxylic acids is 1. The second-order valence-electron chi connectivity index (χ2n) is 2.75. The molecule has 0 aliphatic rings. The first-order chi connectivity index (χ1) is 6.18. The van der Waals surface area contributed by atoms with Gasteiger partial charge in [-0.25, -0.2) is 9.78 Å². The van der Waals surface area contributed by atoms with Crippen LogP contribution in [0.15, 0.2) is 22.6 Å². The average molecular weight is 201 g/mol. The molecular weight excluding hydrogens is 193 g/mol. The predicted octanol–water partition coefficient (Wildman–Crippen LogP) is 1.19. The summed E-state index contributed by atoms with van der Waals surface area (Å²) in [4.78, 5) is 14.4. The number of hydrogen-bond acceptors (Lipinski definition) is 3. The number of aryl methyl sites for hydroxylation is 1. The standard InChI is InChI=1S/C9H7NO3.Na.H/c1-5-3-2-4-6-7(5)10-8(13-6)9(11)12;;/h2-4H,1H3,(H,11,12);;.